The molecule has 1 fully saturated rings. The number of piperidine rings is 1. The molecule has 1 aliphatic carbocycles. The molecular weight excluding hydrogens is 365 g/mol. The van der Waals surface area contributed by atoms with Gasteiger partial charge in [0.05, 0.1) is 12.1 Å². The molecule has 1 N–H and O–H groups in total. The number of fused-ring (bicyclic) bond motifs is 1. The largest absolute Gasteiger partial charge is 0.390 e. The van der Waals surface area contributed by atoms with Crippen LogP contribution in [-0.2, 0) is 10.2 Å². The van der Waals surface area contributed by atoms with Crippen LogP contribution in [0.3, 0.4) is 0 Å². The molecule has 1 amide bonds. The van der Waals surface area contributed by atoms with E-state index in [1.165, 1.54) is 5.56 Å². The predicted octanol–water partition coefficient (Wildman–Crippen LogP) is 3.00. The van der Waals surface area contributed by atoms with Gasteiger partial charge in [-0.15, -0.1) is 0 Å². The van der Waals surface area contributed by atoms with Crippen molar-refractivity contribution < 1.29 is 9.90 Å². The number of carbonyl (C=O) groups is 1. The second-order valence-electron chi connectivity index (χ2n) is 6.39. The van der Waals surface area contributed by atoms with Crippen LogP contribution in [0.25, 0.3) is 0 Å². The number of hydrogen-bond acceptors (Lipinski definition) is 2. The third-order valence-electron chi connectivity index (χ3n) is 4.76. The van der Waals surface area contributed by atoms with Crippen molar-refractivity contribution in [1.82, 2.24) is 4.90 Å². The topological polar surface area (TPSA) is 40.5 Å². The van der Waals surface area contributed by atoms with Crippen LogP contribution in [-0.4, -0.2) is 28.6 Å². The lowest BCUT2D eigenvalue weighted by Gasteiger charge is -2.37. The Kier molecular flexibility index (Phi) is 3.57. The highest BCUT2D eigenvalue weighted by Gasteiger charge is 2.49. The van der Waals surface area contributed by atoms with Crippen LogP contribution in [0.5, 0.6) is 0 Å². The molecule has 108 valence electrons. The summed E-state index contributed by atoms with van der Waals surface area (Å²) in [5, 5.41) is 10.8. The Labute approximate surface area is 133 Å². The van der Waals surface area contributed by atoms with Crippen molar-refractivity contribution in [3.63, 3.8) is 0 Å². The highest BCUT2D eigenvalue weighted by atomic mass is 127. The second kappa shape index (κ2) is 4.98. The molecule has 1 aliphatic heterocycles. The number of rotatable bonds is 1. The molecule has 20 heavy (non-hydrogen) atoms. The van der Waals surface area contributed by atoms with Crippen molar-refractivity contribution >= 4 is 28.5 Å². The summed E-state index contributed by atoms with van der Waals surface area (Å²) in [5.41, 5.74) is 2.00. The summed E-state index contributed by atoms with van der Waals surface area (Å²) in [7, 11) is 0. The van der Waals surface area contributed by atoms with Gasteiger partial charge in [-0.05, 0) is 58.7 Å². The molecule has 0 saturated carbocycles. The lowest BCUT2D eigenvalue weighted by Crippen LogP contribution is -2.44. The number of nitrogens with zero attached hydrogens (tertiary/aromatic N) is 1. The molecule has 3 rings (SSSR count). The van der Waals surface area contributed by atoms with Gasteiger partial charge >= 0.3 is 0 Å². The van der Waals surface area contributed by atoms with Crippen LogP contribution in [0, 0.1) is 3.57 Å². The second-order valence-corrected chi connectivity index (χ2v) is 7.63. The lowest BCUT2D eigenvalue weighted by atomic mass is 9.84. The fraction of sp³-hybridized carbons (Fsp3) is 0.562. The van der Waals surface area contributed by atoms with Crippen molar-refractivity contribution in [2.75, 3.05) is 6.54 Å². The van der Waals surface area contributed by atoms with Crippen LogP contribution >= 0.6 is 22.6 Å². The zero-order chi connectivity index (χ0) is 14.5. The molecule has 1 aromatic rings. The first-order valence-corrected chi connectivity index (χ1v) is 8.28. The van der Waals surface area contributed by atoms with Gasteiger partial charge in [-0.2, -0.15) is 0 Å². The molecule has 3 nitrogen and oxygen atoms in total. The molecule has 1 aromatic carbocycles. The van der Waals surface area contributed by atoms with Gasteiger partial charge in [-0.1, -0.05) is 19.9 Å². The maximum atomic E-state index is 12.2. The van der Waals surface area contributed by atoms with Crippen molar-refractivity contribution in [2.45, 2.75) is 50.7 Å². The summed E-state index contributed by atoms with van der Waals surface area (Å²) in [5.74, 6) is 0.183. The van der Waals surface area contributed by atoms with Crippen LogP contribution in [0.4, 0.5) is 0 Å². The third kappa shape index (κ3) is 2.08. The molecule has 1 heterocycles. The first kappa shape index (κ1) is 14.3. The molecule has 0 bridgehead atoms. The SMILES string of the molecule is CC1(C)c2ccc(I)cc2[C@H](N2CCCCC2=O)[C@H]1O. The number of likely N-dealkylation sites (tertiary alicyclic amines) is 1. The van der Waals surface area contributed by atoms with Gasteiger partial charge in [-0.25, -0.2) is 0 Å². The number of amides is 1. The first-order chi connectivity index (χ1) is 9.43. The molecule has 0 spiro atoms. The molecule has 0 aromatic heterocycles. The molecular formula is C16H20INO2. The lowest BCUT2D eigenvalue weighted by molar-refractivity contribution is -0.139. The normalized spacial score (nSPS) is 28.6. The first-order valence-electron chi connectivity index (χ1n) is 7.20. The van der Waals surface area contributed by atoms with E-state index in [-0.39, 0.29) is 17.4 Å². The molecule has 0 radical (unpaired) electrons. The third-order valence-corrected chi connectivity index (χ3v) is 5.43. The van der Waals surface area contributed by atoms with Gasteiger partial charge < -0.3 is 10.0 Å². The van der Waals surface area contributed by atoms with Crippen LogP contribution in [0.15, 0.2) is 18.2 Å². The summed E-state index contributed by atoms with van der Waals surface area (Å²) < 4.78 is 1.15. The number of aliphatic hydroxyl groups is 1. The Morgan fingerprint density at radius 3 is 2.80 bits per heavy atom. The maximum absolute atomic E-state index is 12.2. The summed E-state index contributed by atoms with van der Waals surface area (Å²) in [4.78, 5) is 14.1. The zero-order valence-electron chi connectivity index (χ0n) is 11.9. The van der Waals surface area contributed by atoms with E-state index in [1.807, 2.05) is 4.90 Å². The van der Waals surface area contributed by atoms with Crippen molar-refractivity contribution in [1.29, 1.82) is 0 Å². The van der Waals surface area contributed by atoms with Gasteiger partial charge in [0.15, 0.2) is 0 Å². The van der Waals surface area contributed by atoms with Gasteiger partial charge in [0.1, 0.15) is 0 Å². The van der Waals surface area contributed by atoms with Gasteiger partial charge in [0, 0.05) is 22.0 Å². The molecule has 4 heteroatoms. The Bertz CT molecular complexity index is 555. The standard InChI is InChI=1S/C16H20INO2/c1-16(2)12-7-6-10(17)9-11(12)14(15(16)20)18-8-4-3-5-13(18)19/h6-7,9,14-15,20H,3-5,8H2,1-2H3/t14-,15+/m0/s1. The fourth-order valence-corrected chi connectivity index (χ4v) is 4.06. The van der Waals surface area contributed by atoms with Crippen LogP contribution in [0.1, 0.15) is 50.3 Å². The van der Waals surface area contributed by atoms with Crippen molar-refractivity contribution in [2.24, 2.45) is 0 Å². The minimum absolute atomic E-state index is 0.178. The fourth-order valence-electron chi connectivity index (χ4n) is 3.55. The Morgan fingerprint density at radius 2 is 2.10 bits per heavy atom. The average molecular weight is 385 g/mol. The van der Waals surface area contributed by atoms with Crippen molar-refractivity contribution in [3.05, 3.63) is 32.9 Å². The number of halogens is 1. The maximum Gasteiger partial charge on any atom is 0.223 e. The van der Waals surface area contributed by atoms with Gasteiger partial charge in [-0.3, -0.25) is 4.79 Å². The molecule has 0 unspecified atom stereocenters. The summed E-state index contributed by atoms with van der Waals surface area (Å²) in [6.07, 6.45) is 2.09. The van der Waals surface area contributed by atoms with E-state index in [0.717, 1.165) is 28.5 Å². The Morgan fingerprint density at radius 1 is 1.35 bits per heavy atom. The molecule has 2 aliphatic rings. The highest BCUT2D eigenvalue weighted by molar-refractivity contribution is 14.1. The molecule has 2 atom stereocenters. The number of hydrogen-bond donors (Lipinski definition) is 1. The van der Waals surface area contributed by atoms with Crippen molar-refractivity contribution in [3.8, 4) is 0 Å². The van der Waals surface area contributed by atoms with E-state index in [1.54, 1.807) is 0 Å². The summed E-state index contributed by atoms with van der Waals surface area (Å²) in [6.45, 7) is 4.90. The van der Waals surface area contributed by atoms with Gasteiger partial charge in [0.25, 0.3) is 0 Å². The Hall–Kier alpha value is -0.620. The minimum atomic E-state index is -0.530. The highest BCUT2D eigenvalue weighted by Crippen LogP contribution is 2.48. The van der Waals surface area contributed by atoms with E-state index >= 15 is 0 Å². The number of carbonyl (C=O) groups excluding carboxylic acids is 1. The monoisotopic (exact) mass is 385 g/mol. The minimum Gasteiger partial charge on any atom is -0.390 e. The quantitative estimate of drug-likeness (QED) is 0.756. The van der Waals surface area contributed by atoms with E-state index < -0.39 is 6.10 Å². The number of aliphatic hydroxyl groups excluding tert-OH is 1. The summed E-state index contributed by atoms with van der Waals surface area (Å²) >= 11 is 2.29. The smallest absolute Gasteiger partial charge is 0.223 e. The summed E-state index contributed by atoms with van der Waals surface area (Å²) in [6, 6.07) is 6.13. The van der Waals surface area contributed by atoms with Gasteiger partial charge in [0.2, 0.25) is 5.91 Å². The van der Waals surface area contributed by atoms with E-state index in [4.69, 9.17) is 0 Å². The average Bonchev–Trinajstić information content (AvgIpc) is 2.59. The molecule has 1 saturated heterocycles. The number of benzene rings is 1. The van der Waals surface area contributed by atoms with Crippen LogP contribution < -0.4 is 0 Å². The van der Waals surface area contributed by atoms with E-state index in [0.29, 0.717) is 6.42 Å². The predicted molar refractivity (Wildman–Crippen MR) is 86.5 cm³/mol. The van der Waals surface area contributed by atoms with E-state index in [2.05, 4.69) is 54.6 Å². The Balaban J connectivity index is 2.08. The zero-order valence-corrected chi connectivity index (χ0v) is 14.1. The van der Waals surface area contributed by atoms with Crippen LogP contribution in [0.2, 0.25) is 0 Å². The van der Waals surface area contributed by atoms with E-state index in [9.17, 15) is 9.90 Å².